The molecule has 9 heteroatoms. The number of anilines is 1. The third-order valence-corrected chi connectivity index (χ3v) is 5.26. The van der Waals surface area contributed by atoms with E-state index in [-0.39, 0.29) is 6.04 Å². The van der Waals surface area contributed by atoms with Crippen LogP contribution in [0.3, 0.4) is 0 Å². The summed E-state index contributed by atoms with van der Waals surface area (Å²) in [5.41, 5.74) is 2.16. The van der Waals surface area contributed by atoms with Gasteiger partial charge >= 0.3 is 0 Å². The summed E-state index contributed by atoms with van der Waals surface area (Å²) < 4.78 is 12.6. The van der Waals surface area contributed by atoms with Gasteiger partial charge in [-0.15, -0.1) is 5.10 Å². The number of oxazole rings is 1. The molecule has 1 aliphatic rings. The molecule has 29 heavy (non-hydrogen) atoms. The standard InChI is InChI=1S/C20H21N7O2/c1-12-10-21-19(29-12)13-3-4-14(9-13)23-20-22-11-17-18(24-20)27(26-25-17)15-5-7-16(28-2)8-6-15/h5-8,10-11,13-14H,3-4,9H2,1-2H3,(H,22,23,24)/t13-,14+/m0/s1. The molecule has 5 rings (SSSR count). The number of aromatic nitrogens is 6. The number of benzene rings is 1. The van der Waals surface area contributed by atoms with E-state index >= 15 is 0 Å². The molecule has 0 saturated heterocycles. The monoisotopic (exact) mass is 391 g/mol. The normalized spacial score (nSPS) is 19.0. The largest absolute Gasteiger partial charge is 0.497 e. The van der Waals surface area contributed by atoms with E-state index in [9.17, 15) is 0 Å². The van der Waals surface area contributed by atoms with Gasteiger partial charge in [-0.2, -0.15) is 9.67 Å². The van der Waals surface area contributed by atoms with Gasteiger partial charge in [-0.1, -0.05) is 5.21 Å². The van der Waals surface area contributed by atoms with E-state index in [0.717, 1.165) is 42.4 Å². The number of rotatable bonds is 5. The van der Waals surface area contributed by atoms with E-state index in [1.54, 1.807) is 24.2 Å². The van der Waals surface area contributed by atoms with Gasteiger partial charge in [0.05, 0.1) is 25.2 Å². The third-order valence-electron chi connectivity index (χ3n) is 5.26. The number of hydrogen-bond donors (Lipinski definition) is 1. The van der Waals surface area contributed by atoms with Crippen molar-refractivity contribution in [2.24, 2.45) is 0 Å². The highest BCUT2D eigenvalue weighted by atomic mass is 16.5. The number of hydrogen-bond acceptors (Lipinski definition) is 8. The van der Waals surface area contributed by atoms with Crippen LogP contribution >= 0.6 is 0 Å². The van der Waals surface area contributed by atoms with Crippen molar-refractivity contribution in [2.45, 2.75) is 38.1 Å². The van der Waals surface area contributed by atoms with Crippen molar-refractivity contribution in [1.82, 2.24) is 29.9 Å². The summed E-state index contributed by atoms with van der Waals surface area (Å²) in [5.74, 6) is 3.36. The fourth-order valence-electron chi connectivity index (χ4n) is 3.78. The molecule has 2 atom stereocenters. The smallest absolute Gasteiger partial charge is 0.225 e. The average molecular weight is 391 g/mol. The van der Waals surface area contributed by atoms with Crippen molar-refractivity contribution in [3.63, 3.8) is 0 Å². The van der Waals surface area contributed by atoms with Gasteiger partial charge in [-0.3, -0.25) is 0 Å². The second-order valence-electron chi connectivity index (χ2n) is 7.26. The lowest BCUT2D eigenvalue weighted by Gasteiger charge is -2.12. The van der Waals surface area contributed by atoms with Crippen molar-refractivity contribution in [3.8, 4) is 11.4 Å². The number of ether oxygens (including phenoxy) is 1. The second-order valence-corrected chi connectivity index (χ2v) is 7.26. The summed E-state index contributed by atoms with van der Waals surface area (Å²) in [6.07, 6.45) is 6.47. The molecule has 3 aromatic heterocycles. The molecule has 4 aromatic rings. The zero-order valence-electron chi connectivity index (χ0n) is 16.2. The highest BCUT2D eigenvalue weighted by molar-refractivity contribution is 5.72. The first kappa shape index (κ1) is 17.6. The predicted molar refractivity (Wildman–Crippen MR) is 106 cm³/mol. The number of nitrogens with one attached hydrogen (secondary N) is 1. The number of nitrogens with zero attached hydrogens (tertiary/aromatic N) is 6. The Morgan fingerprint density at radius 1 is 1.14 bits per heavy atom. The molecular formula is C20H21N7O2. The Morgan fingerprint density at radius 3 is 2.76 bits per heavy atom. The number of fused-ring (bicyclic) bond motifs is 1. The van der Waals surface area contributed by atoms with Gasteiger partial charge in [-0.05, 0) is 50.5 Å². The van der Waals surface area contributed by atoms with E-state index < -0.39 is 0 Å². The summed E-state index contributed by atoms with van der Waals surface area (Å²) in [4.78, 5) is 13.5. The molecular weight excluding hydrogens is 370 g/mol. The van der Waals surface area contributed by atoms with Crippen LogP contribution in [0.4, 0.5) is 5.95 Å². The maximum atomic E-state index is 5.70. The molecule has 0 bridgehead atoms. The topological polar surface area (TPSA) is 104 Å². The number of methoxy groups -OCH3 is 1. The van der Waals surface area contributed by atoms with Gasteiger partial charge < -0.3 is 14.5 Å². The van der Waals surface area contributed by atoms with Crippen LogP contribution in [0.1, 0.15) is 36.8 Å². The van der Waals surface area contributed by atoms with Crippen molar-refractivity contribution in [1.29, 1.82) is 0 Å². The first-order valence-electron chi connectivity index (χ1n) is 9.61. The summed E-state index contributed by atoms with van der Waals surface area (Å²) in [7, 11) is 1.64. The van der Waals surface area contributed by atoms with Crippen LogP contribution in [-0.4, -0.2) is 43.1 Å². The maximum Gasteiger partial charge on any atom is 0.225 e. The molecule has 1 N–H and O–H groups in total. The number of aryl methyl sites for hydroxylation is 1. The lowest BCUT2D eigenvalue weighted by Crippen LogP contribution is -2.17. The van der Waals surface area contributed by atoms with E-state index in [1.165, 1.54) is 0 Å². The molecule has 0 spiro atoms. The minimum atomic E-state index is 0.273. The van der Waals surface area contributed by atoms with Crippen LogP contribution in [-0.2, 0) is 0 Å². The Labute approximate surface area is 167 Å². The van der Waals surface area contributed by atoms with Gasteiger partial charge in [0.25, 0.3) is 0 Å². The molecule has 1 saturated carbocycles. The van der Waals surface area contributed by atoms with Crippen molar-refractivity contribution >= 4 is 17.1 Å². The molecule has 148 valence electrons. The first-order chi connectivity index (χ1) is 14.2. The van der Waals surface area contributed by atoms with Gasteiger partial charge in [0.2, 0.25) is 5.95 Å². The van der Waals surface area contributed by atoms with Gasteiger partial charge in [0.15, 0.2) is 17.1 Å². The van der Waals surface area contributed by atoms with Crippen LogP contribution in [0, 0.1) is 6.92 Å². The molecule has 9 nitrogen and oxygen atoms in total. The third kappa shape index (κ3) is 3.39. The first-order valence-corrected chi connectivity index (χ1v) is 9.61. The summed E-state index contributed by atoms with van der Waals surface area (Å²) in [6.45, 7) is 1.92. The highest BCUT2D eigenvalue weighted by Gasteiger charge is 2.29. The molecule has 0 radical (unpaired) electrons. The van der Waals surface area contributed by atoms with Crippen LogP contribution < -0.4 is 10.1 Å². The zero-order chi connectivity index (χ0) is 19.8. The quantitative estimate of drug-likeness (QED) is 0.553. The Bertz CT molecular complexity index is 1140. The fourth-order valence-corrected chi connectivity index (χ4v) is 3.78. The molecule has 3 heterocycles. The van der Waals surface area contributed by atoms with Crippen LogP contribution in [0.15, 0.2) is 41.1 Å². The summed E-state index contributed by atoms with van der Waals surface area (Å²) >= 11 is 0. The Morgan fingerprint density at radius 2 is 2.00 bits per heavy atom. The van der Waals surface area contributed by atoms with Crippen LogP contribution in [0.2, 0.25) is 0 Å². The molecule has 1 aliphatic carbocycles. The van der Waals surface area contributed by atoms with Crippen molar-refractivity contribution in [3.05, 3.63) is 48.3 Å². The van der Waals surface area contributed by atoms with Crippen LogP contribution in [0.5, 0.6) is 5.75 Å². The van der Waals surface area contributed by atoms with Crippen molar-refractivity contribution in [2.75, 3.05) is 12.4 Å². The van der Waals surface area contributed by atoms with E-state index in [4.69, 9.17) is 9.15 Å². The predicted octanol–water partition coefficient (Wildman–Crippen LogP) is 3.26. The second kappa shape index (κ2) is 7.16. The molecule has 0 unspecified atom stereocenters. The molecule has 0 aliphatic heterocycles. The Hall–Kier alpha value is -3.49. The summed E-state index contributed by atoms with van der Waals surface area (Å²) in [6, 6.07) is 7.87. The molecule has 1 aromatic carbocycles. The lowest BCUT2D eigenvalue weighted by molar-refractivity contribution is 0.414. The summed E-state index contributed by atoms with van der Waals surface area (Å²) in [5, 5.41) is 11.8. The molecule has 1 fully saturated rings. The fraction of sp³-hybridized carbons (Fsp3) is 0.350. The van der Waals surface area contributed by atoms with E-state index in [2.05, 4.69) is 30.6 Å². The minimum Gasteiger partial charge on any atom is -0.497 e. The van der Waals surface area contributed by atoms with Crippen molar-refractivity contribution < 1.29 is 9.15 Å². The van der Waals surface area contributed by atoms with E-state index in [1.807, 2.05) is 31.2 Å². The lowest BCUT2D eigenvalue weighted by atomic mass is 10.1. The van der Waals surface area contributed by atoms with Gasteiger partial charge in [-0.25, -0.2) is 9.97 Å². The Balaban J connectivity index is 1.36. The highest BCUT2D eigenvalue weighted by Crippen LogP contribution is 2.35. The van der Waals surface area contributed by atoms with Gasteiger partial charge in [0.1, 0.15) is 11.5 Å². The molecule has 0 amide bonds. The van der Waals surface area contributed by atoms with E-state index in [0.29, 0.717) is 23.0 Å². The van der Waals surface area contributed by atoms with Gasteiger partial charge in [0, 0.05) is 12.0 Å². The minimum absolute atomic E-state index is 0.273. The van der Waals surface area contributed by atoms with Crippen LogP contribution in [0.25, 0.3) is 16.9 Å². The average Bonchev–Trinajstić information content (AvgIpc) is 3.47. The SMILES string of the molecule is COc1ccc(-n2nnc3cnc(N[C@@H]4CC[C@H](c5ncc(C)o5)C4)nc32)cc1. The Kier molecular flexibility index (Phi) is 4.34. The zero-order valence-corrected chi connectivity index (χ0v) is 16.2. The maximum absolute atomic E-state index is 5.70.